The lowest BCUT2D eigenvalue weighted by molar-refractivity contribution is -0.697. The SMILES string of the molecule is CCCCCCCCCCCCCCCCOCC(CCC)COP(=O)(O)OCCCCCCC[n+]1ccc(CC)cc1. The van der Waals surface area contributed by atoms with Gasteiger partial charge < -0.3 is 9.63 Å². The molecule has 252 valence electrons. The van der Waals surface area contributed by atoms with E-state index in [1.165, 1.54) is 89.0 Å². The van der Waals surface area contributed by atoms with Gasteiger partial charge in [0, 0.05) is 31.1 Å². The summed E-state index contributed by atoms with van der Waals surface area (Å²) in [5.41, 5.74) is 1.37. The Balaban J connectivity index is 1.97. The highest BCUT2D eigenvalue weighted by atomic mass is 31.2. The molecule has 0 spiro atoms. The smallest absolute Gasteiger partial charge is 0.381 e. The van der Waals surface area contributed by atoms with Crippen LogP contribution in [0.15, 0.2) is 24.5 Å². The fraction of sp³-hybridized carbons (Fsp3) is 0.861. The number of rotatable bonds is 32. The van der Waals surface area contributed by atoms with Crippen molar-refractivity contribution in [3.05, 3.63) is 30.1 Å². The molecule has 2 unspecified atom stereocenters. The number of aryl methyl sites for hydroxylation is 2. The molecule has 0 amide bonds. The normalized spacial score (nSPS) is 13.8. The van der Waals surface area contributed by atoms with Crippen molar-refractivity contribution in [2.45, 2.75) is 169 Å². The predicted molar refractivity (Wildman–Crippen MR) is 180 cm³/mol. The van der Waals surface area contributed by atoms with Crippen LogP contribution in [0.1, 0.15) is 161 Å². The van der Waals surface area contributed by atoms with Crippen molar-refractivity contribution in [2.75, 3.05) is 26.4 Å². The van der Waals surface area contributed by atoms with E-state index in [0.717, 1.165) is 70.9 Å². The van der Waals surface area contributed by atoms with Gasteiger partial charge in [0.2, 0.25) is 0 Å². The summed E-state index contributed by atoms with van der Waals surface area (Å²) in [5, 5.41) is 0. The molecule has 1 aromatic heterocycles. The number of unbranched alkanes of at least 4 members (excludes halogenated alkanes) is 17. The van der Waals surface area contributed by atoms with E-state index in [-0.39, 0.29) is 19.1 Å². The third kappa shape index (κ3) is 25.1. The summed E-state index contributed by atoms with van der Waals surface area (Å²) < 4.78 is 31.1. The molecule has 1 heterocycles. The Kier molecular flexibility index (Phi) is 26.8. The highest BCUT2D eigenvalue weighted by Gasteiger charge is 2.23. The maximum atomic E-state index is 12.4. The first-order valence-electron chi connectivity index (χ1n) is 18.2. The van der Waals surface area contributed by atoms with Crippen molar-refractivity contribution in [1.29, 1.82) is 0 Å². The lowest BCUT2D eigenvalue weighted by atomic mass is 10.0. The van der Waals surface area contributed by atoms with Gasteiger partial charge in [-0.05, 0) is 37.7 Å². The van der Waals surface area contributed by atoms with Crippen LogP contribution in [0.25, 0.3) is 0 Å². The summed E-state index contributed by atoms with van der Waals surface area (Å²) >= 11 is 0. The molecule has 0 bridgehead atoms. The second kappa shape index (κ2) is 28.7. The van der Waals surface area contributed by atoms with Crippen LogP contribution < -0.4 is 4.57 Å². The van der Waals surface area contributed by atoms with Gasteiger partial charge in [-0.1, -0.05) is 124 Å². The van der Waals surface area contributed by atoms with Crippen molar-refractivity contribution in [3.8, 4) is 0 Å². The Labute approximate surface area is 266 Å². The molecule has 0 aliphatic heterocycles. The molecule has 0 radical (unpaired) electrons. The van der Waals surface area contributed by atoms with Crippen LogP contribution in [0.3, 0.4) is 0 Å². The second-order valence-corrected chi connectivity index (χ2v) is 13.9. The minimum Gasteiger partial charge on any atom is -0.381 e. The summed E-state index contributed by atoms with van der Waals surface area (Å²) in [5.74, 6) is 0.122. The topological polar surface area (TPSA) is 68.9 Å². The van der Waals surface area contributed by atoms with E-state index in [4.69, 9.17) is 13.8 Å². The Morgan fingerprint density at radius 2 is 1.16 bits per heavy atom. The third-order valence-corrected chi connectivity index (χ3v) is 9.33. The van der Waals surface area contributed by atoms with Crippen molar-refractivity contribution >= 4 is 7.82 Å². The van der Waals surface area contributed by atoms with Gasteiger partial charge in [-0.25, -0.2) is 9.13 Å². The quantitative estimate of drug-likeness (QED) is 0.0489. The molecular weight excluding hydrogens is 557 g/mol. The van der Waals surface area contributed by atoms with Gasteiger partial charge in [0.25, 0.3) is 0 Å². The van der Waals surface area contributed by atoms with E-state index < -0.39 is 7.82 Å². The number of nitrogens with zero attached hydrogens (tertiary/aromatic N) is 1. The minimum absolute atomic E-state index is 0.122. The molecule has 7 heteroatoms. The van der Waals surface area contributed by atoms with Gasteiger partial charge in [-0.15, -0.1) is 0 Å². The first-order chi connectivity index (χ1) is 21.0. The average molecular weight is 627 g/mol. The first-order valence-corrected chi connectivity index (χ1v) is 19.7. The van der Waals surface area contributed by atoms with E-state index in [9.17, 15) is 9.46 Å². The average Bonchev–Trinajstić information content (AvgIpc) is 3.01. The molecule has 1 N–H and O–H groups in total. The molecule has 1 rings (SSSR count). The Morgan fingerprint density at radius 1 is 0.651 bits per heavy atom. The molecule has 0 saturated carbocycles. The lowest BCUT2D eigenvalue weighted by Gasteiger charge is -2.19. The molecule has 43 heavy (non-hydrogen) atoms. The van der Waals surface area contributed by atoms with E-state index in [1.54, 1.807) is 0 Å². The number of ether oxygens (including phenoxy) is 1. The van der Waals surface area contributed by atoms with Crippen molar-refractivity contribution in [1.82, 2.24) is 0 Å². The van der Waals surface area contributed by atoms with Crippen LogP contribution in [0.2, 0.25) is 0 Å². The van der Waals surface area contributed by atoms with Crippen LogP contribution in [0.4, 0.5) is 0 Å². The lowest BCUT2D eigenvalue weighted by Crippen LogP contribution is -2.32. The zero-order valence-electron chi connectivity index (χ0n) is 28.5. The zero-order valence-corrected chi connectivity index (χ0v) is 29.3. The molecule has 6 nitrogen and oxygen atoms in total. The highest BCUT2D eigenvalue weighted by molar-refractivity contribution is 7.47. The Hall–Kier alpha value is -0.780. The van der Waals surface area contributed by atoms with Crippen molar-refractivity contribution in [2.24, 2.45) is 5.92 Å². The Morgan fingerprint density at radius 3 is 1.70 bits per heavy atom. The number of hydrogen-bond acceptors (Lipinski definition) is 4. The monoisotopic (exact) mass is 626 g/mol. The number of phosphoric acid groups is 1. The van der Waals surface area contributed by atoms with Gasteiger partial charge in [-0.2, -0.15) is 0 Å². The van der Waals surface area contributed by atoms with Crippen molar-refractivity contribution in [3.63, 3.8) is 0 Å². The van der Waals surface area contributed by atoms with E-state index >= 15 is 0 Å². The number of aromatic nitrogens is 1. The van der Waals surface area contributed by atoms with E-state index in [0.29, 0.717) is 6.61 Å². The summed E-state index contributed by atoms with van der Waals surface area (Å²) in [6, 6.07) is 4.37. The number of phosphoric ester groups is 1. The van der Waals surface area contributed by atoms with Gasteiger partial charge in [-0.3, -0.25) is 9.05 Å². The van der Waals surface area contributed by atoms with Gasteiger partial charge in [0.05, 0.1) is 19.8 Å². The fourth-order valence-corrected chi connectivity index (χ4v) is 6.32. The number of hydrogen-bond donors (Lipinski definition) is 1. The second-order valence-electron chi connectivity index (χ2n) is 12.5. The van der Waals surface area contributed by atoms with E-state index in [2.05, 4.69) is 49.9 Å². The first kappa shape index (κ1) is 40.2. The largest absolute Gasteiger partial charge is 0.472 e. The molecule has 2 atom stereocenters. The molecule has 0 aliphatic carbocycles. The molecular formula is C36H69NO5P+. The van der Waals surface area contributed by atoms with E-state index in [1.807, 2.05) is 0 Å². The highest BCUT2D eigenvalue weighted by Crippen LogP contribution is 2.44. The van der Waals surface area contributed by atoms with Crippen molar-refractivity contribution < 1.29 is 27.8 Å². The molecule has 0 aliphatic rings. The predicted octanol–water partition coefficient (Wildman–Crippen LogP) is 10.5. The summed E-state index contributed by atoms with van der Waals surface area (Å²) in [4.78, 5) is 10.1. The van der Waals surface area contributed by atoms with Crippen LogP contribution in [0, 0.1) is 5.92 Å². The summed E-state index contributed by atoms with van der Waals surface area (Å²) in [6.45, 7) is 9.40. The third-order valence-electron chi connectivity index (χ3n) is 8.35. The van der Waals surface area contributed by atoms with Crippen LogP contribution >= 0.6 is 7.82 Å². The van der Waals surface area contributed by atoms with Gasteiger partial charge in [0.15, 0.2) is 12.4 Å². The van der Waals surface area contributed by atoms with Crippen LogP contribution in [-0.2, 0) is 31.3 Å². The standard InChI is InChI=1S/C36H68NO5P/c1-4-7-8-9-10-11-12-13-14-15-16-17-20-23-31-40-33-36(25-5-2)34-42-43(38,39)41-32-24-21-18-19-22-28-37-29-26-35(6-3)27-30-37/h26-27,29-30,36H,4-25,28,31-34H2,1-3H3/p+1. The Bertz CT molecular complexity index is 775. The maximum Gasteiger partial charge on any atom is 0.472 e. The van der Waals surface area contributed by atoms with Crippen LogP contribution in [-0.4, -0.2) is 31.3 Å². The summed E-state index contributed by atoms with van der Waals surface area (Å²) in [6.07, 6.45) is 31.4. The van der Waals surface area contributed by atoms with Gasteiger partial charge >= 0.3 is 7.82 Å². The molecule has 1 aromatic rings. The fourth-order valence-electron chi connectivity index (χ4n) is 5.49. The van der Waals surface area contributed by atoms with Gasteiger partial charge in [0.1, 0.15) is 6.54 Å². The summed E-state index contributed by atoms with van der Waals surface area (Å²) in [7, 11) is -4.01. The zero-order chi connectivity index (χ0) is 31.3. The number of pyridine rings is 1. The maximum absolute atomic E-state index is 12.4. The van der Waals surface area contributed by atoms with Crippen LogP contribution in [0.5, 0.6) is 0 Å². The minimum atomic E-state index is -4.01. The molecule has 0 fully saturated rings. The molecule has 0 aromatic carbocycles. The molecule has 0 saturated heterocycles.